The lowest BCUT2D eigenvalue weighted by atomic mass is 10.1. The fourth-order valence-corrected chi connectivity index (χ4v) is 1.93. The van der Waals surface area contributed by atoms with Gasteiger partial charge in [0.15, 0.2) is 6.61 Å². The molecule has 0 spiro atoms. The van der Waals surface area contributed by atoms with Crippen molar-refractivity contribution in [2.75, 3.05) is 6.61 Å². The minimum Gasteiger partial charge on any atom is -0.480 e. The molecule has 2 N–H and O–H groups in total. The number of carboxylic acids is 1. The van der Waals surface area contributed by atoms with E-state index in [1.807, 2.05) is 6.07 Å². The number of amides is 1. The number of benzene rings is 1. The van der Waals surface area contributed by atoms with Crippen LogP contribution in [0.2, 0.25) is 0 Å². The topological polar surface area (TPSA) is 92.7 Å². The van der Waals surface area contributed by atoms with Crippen LogP contribution in [0.1, 0.15) is 12.5 Å². The van der Waals surface area contributed by atoms with E-state index in [1.165, 1.54) is 6.92 Å². The number of nitrogens with one attached hydrogen (secondary N) is 1. The normalized spacial score (nSPS) is 11.5. The Morgan fingerprint density at radius 3 is 2.55 bits per heavy atom. The summed E-state index contributed by atoms with van der Waals surface area (Å²) in [6.07, 6.45) is 0.128. The lowest BCUT2D eigenvalue weighted by Crippen LogP contribution is -2.44. The molecular formula is C13H14BrNO5. The van der Waals surface area contributed by atoms with Gasteiger partial charge in [0.2, 0.25) is 0 Å². The Morgan fingerprint density at radius 1 is 1.35 bits per heavy atom. The van der Waals surface area contributed by atoms with Gasteiger partial charge in [0.25, 0.3) is 5.91 Å². The minimum atomic E-state index is -1.16. The van der Waals surface area contributed by atoms with Crippen molar-refractivity contribution in [2.45, 2.75) is 19.4 Å². The zero-order valence-corrected chi connectivity index (χ0v) is 12.3. The van der Waals surface area contributed by atoms with E-state index < -0.39 is 30.5 Å². The van der Waals surface area contributed by atoms with Crippen LogP contribution in [-0.2, 0) is 25.5 Å². The molecule has 1 amide bonds. The van der Waals surface area contributed by atoms with E-state index >= 15 is 0 Å². The molecule has 0 aliphatic carbocycles. The summed E-state index contributed by atoms with van der Waals surface area (Å²) in [5.74, 6) is -2.41. The van der Waals surface area contributed by atoms with Crippen LogP contribution in [0.4, 0.5) is 0 Å². The fraction of sp³-hybridized carbons (Fsp3) is 0.308. The molecule has 0 aliphatic rings. The first-order valence-electron chi connectivity index (χ1n) is 5.79. The summed E-state index contributed by atoms with van der Waals surface area (Å²) in [5.41, 5.74) is 0.757. The maximum absolute atomic E-state index is 11.5. The molecule has 0 radical (unpaired) electrons. The third kappa shape index (κ3) is 5.40. The first-order chi connectivity index (χ1) is 9.40. The average molecular weight is 344 g/mol. The van der Waals surface area contributed by atoms with Crippen molar-refractivity contribution in [2.24, 2.45) is 0 Å². The number of rotatable bonds is 6. The molecule has 6 nitrogen and oxygen atoms in total. The average Bonchev–Trinajstić information content (AvgIpc) is 2.38. The van der Waals surface area contributed by atoms with Crippen LogP contribution >= 0.6 is 15.9 Å². The maximum atomic E-state index is 11.5. The zero-order valence-electron chi connectivity index (χ0n) is 10.8. The molecule has 1 aromatic carbocycles. The predicted octanol–water partition coefficient (Wildman–Crippen LogP) is 1.12. The van der Waals surface area contributed by atoms with Crippen LogP contribution in [0.3, 0.4) is 0 Å². The first-order valence-corrected chi connectivity index (χ1v) is 6.58. The molecule has 7 heteroatoms. The van der Waals surface area contributed by atoms with Gasteiger partial charge < -0.3 is 15.2 Å². The highest BCUT2D eigenvalue weighted by molar-refractivity contribution is 9.10. The summed E-state index contributed by atoms with van der Waals surface area (Å²) in [6.45, 7) is 0.679. The second-order valence-corrected chi connectivity index (χ2v) is 4.89. The molecule has 0 aromatic heterocycles. The number of carboxylic acid groups (broad SMARTS) is 1. The lowest BCUT2D eigenvalue weighted by molar-refractivity contribution is -0.148. The van der Waals surface area contributed by atoms with Gasteiger partial charge in [-0.05, 0) is 11.6 Å². The number of carbonyl (C=O) groups excluding carboxylic acids is 2. The van der Waals surface area contributed by atoms with Gasteiger partial charge in [0.1, 0.15) is 6.04 Å². The summed E-state index contributed by atoms with van der Waals surface area (Å²) >= 11 is 3.31. The molecule has 0 saturated carbocycles. The Hall–Kier alpha value is -1.89. The quantitative estimate of drug-likeness (QED) is 0.755. The van der Waals surface area contributed by atoms with Crippen LogP contribution in [0.15, 0.2) is 28.7 Å². The van der Waals surface area contributed by atoms with Crippen molar-refractivity contribution in [3.8, 4) is 0 Å². The van der Waals surface area contributed by atoms with Crippen LogP contribution in [-0.4, -0.2) is 35.6 Å². The van der Waals surface area contributed by atoms with Crippen LogP contribution < -0.4 is 5.32 Å². The Labute approximate surface area is 124 Å². The first kappa shape index (κ1) is 16.2. The van der Waals surface area contributed by atoms with E-state index in [9.17, 15) is 14.4 Å². The summed E-state index contributed by atoms with van der Waals surface area (Å²) in [7, 11) is 0. The van der Waals surface area contributed by atoms with Gasteiger partial charge in [-0.15, -0.1) is 0 Å². The van der Waals surface area contributed by atoms with Crippen LogP contribution in [0, 0.1) is 0 Å². The van der Waals surface area contributed by atoms with Gasteiger partial charge in [-0.25, -0.2) is 4.79 Å². The number of hydrogen-bond donors (Lipinski definition) is 2. The van der Waals surface area contributed by atoms with Crippen molar-refractivity contribution in [3.05, 3.63) is 34.3 Å². The van der Waals surface area contributed by atoms with E-state index in [1.54, 1.807) is 18.2 Å². The molecule has 0 aliphatic heterocycles. The summed E-state index contributed by atoms with van der Waals surface area (Å²) < 4.78 is 5.27. The maximum Gasteiger partial charge on any atom is 0.326 e. The number of hydrogen-bond acceptors (Lipinski definition) is 4. The molecule has 0 unspecified atom stereocenters. The Morgan fingerprint density at radius 2 is 2.00 bits per heavy atom. The van der Waals surface area contributed by atoms with Crippen molar-refractivity contribution in [1.82, 2.24) is 5.32 Å². The predicted molar refractivity (Wildman–Crippen MR) is 74.0 cm³/mol. The Balaban J connectivity index is 2.66. The van der Waals surface area contributed by atoms with E-state index in [4.69, 9.17) is 5.11 Å². The molecule has 20 heavy (non-hydrogen) atoms. The standard InChI is InChI=1S/C13H14BrNO5/c1-8(16)20-7-12(17)15-11(13(18)19)6-9-4-2-3-5-10(9)14/h2-5,11H,6-7H2,1H3,(H,15,17)(H,18,19)/t11-/m1/s1. The van der Waals surface area contributed by atoms with Gasteiger partial charge in [-0.2, -0.15) is 0 Å². The van der Waals surface area contributed by atoms with E-state index in [0.717, 1.165) is 10.0 Å². The highest BCUT2D eigenvalue weighted by Crippen LogP contribution is 2.17. The highest BCUT2D eigenvalue weighted by Gasteiger charge is 2.21. The van der Waals surface area contributed by atoms with E-state index in [-0.39, 0.29) is 6.42 Å². The van der Waals surface area contributed by atoms with Crippen molar-refractivity contribution in [3.63, 3.8) is 0 Å². The van der Waals surface area contributed by atoms with Gasteiger partial charge in [0, 0.05) is 17.8 Å². The van der Waals surface area contributed by atoms with Crippen LogP contribution in [0.5, 0.6) is 0 Å². The summed E-state index contributed by atoms with van der Waals surface area (Å²) in [5, 5.41) is 11.4. The molecule has 1 atom stereocenters. The second kappa shape index (κ2) is 7.64. The molecule has 1 aromatic rings. The second-order valence-electron chi connectivity index (χ2n) is 4.03. The third-order valence-corrected chi connectivity index (χ3v) is 3.20. The van der Waals surface area contributed by atoms with Crippen molar-refractivity contribution in [1.29, 1.82) is 0 Å². The van der Waals surface area contributed by atoms with Crippen molar-refractivity contribution < 1.29 is 24.2 Å². The molecule has 0 fully saturated rings. The zero-order chi connectivity index (χ0) is 15.1. The number of halogens is 1. The summed E-state index contributed by atoms with van der Waals surface area (Å²) in [4.78, 5) is 33.2. The van der Waals surface area contributed by atoms with E-state index in [0.29, 0.717) is 0 Å². The Kier molecular flexibility index (Phi) is 6.17. The van der Waals surface area contributed by atoms with Crippen LogP contribution in [0.25, 0.3) is 0 Å². The summed E-state index contributed by atoms with van der Waals surface area (Å²) in [6, 6.07) is 6.05. The number of carbonyl (C=O) groups is 3. The number of aliphatic carboxylic acids is 1. The monoisotopic (exact) mass is 343 g/mol. The molecule has 0 heterocycles. The molecule has 0 bridgehead atoms. The fourth-order valence-electron chi connectivity index (χ4n) is 1.49. The SMILES string of the molecule is CC(=O)OCC(=O)N[C@H](Cc1ccccc1Br)C(=O)O. The number of esters is 1. The highest BCUT2D eigenvalue weighted by atomic mass is 79.9. The molecular weight excluding hydrogens is 330 g/mol. The van der Waals surface area contributed by atoms with Gasteiger partial charge in [0.05, 0.1) is 0 Å². The lowest BCUT2D eigenvalue weighted by Gasteiger charge is -2.15. The van der Waals surface area contributed by atoms with E-state index in [2.05, 4.69) is 26.0 Å². The molecule has 108 valence electrons. The minimum absolute atomic E-state index is 0.128. The third-order valence-electron chi connectivity index (χ3n) is 2.42. The Bertz CT molecular complexity index is 517. The molecule has 0 saturated heterocycles. The van der Waals surface area contributed by atoms with Gasteiger partial charge >= 0.3 is 11.9 Å². The van der Waals surface area contributed by atoms with Crippen molar-refractivity contribution >= 4 is 33.8 Å². The molecule has 1 rings (SSSR count). The number of ether oxygens (including phenoxy) is 1. The van der Waals surface area contributed by atoms with Gasteiger partial charge in [-0.3, -0.25) is 9.59 Å². The smallest absolute Gasteiger partial charge is 0.326 e. The largest absolute Gasteiger partial charge is 0.480 e. The van der Waals surface area contributed by atoms with Gasteiger partial charge in [-0.1, -0.05) is 34.1 Å².